The lowest BCUT2D eigenvalue weighted by atomic mass is 10.0. The smallest absolute Gasteiger partial charge is 0.342 e. The van der Waals surface area contributed by atoms with Crippen LogP contribution in [0.15, 0.2) is 18.2 Å². The Balaban J connectivity index is 2.93. The Hall–Kier alpha value is -1.96. The second kappa shape index (κ2) is 4.30. The van der Waals surface area contributed by atoms with Gasteiger partial charge in [-0.25, -0.2) is 0 Å². The summed E-state index contributed by atoms with van der Waals surface area (Å²) in [5.41, 5.74) is 0.0975. The second-order valence-corrected chi connectivity index (χ2v) is 4.78. The van der Waals surface area contributed by atoms with Crippen molar-refractivity contribution in [2.45, 2.75) is 33.0 Å². The summed E-state index contributed by atoms with van der Waals surface area (Å²) in [6.45, 7) is 5.60. The molecule has 19 heavy (non-hydrogen) atoms. The number of aromatic nitrogens is 1. The first-order valence-corrected chi connectivity index (χ1v) is 5.89. The van der Waals surface area contributed by atoms with Crippen LogP contribution in [0.2, 0.25) is 0 Å². The van der Waals surface area contributed by atoms with Crippen molar-refractivity contribution in [1.29, 1.82) is 5.26 Å². The summed E-state index contributed by atoms with van der Waals surface area (Å²) >= 11 is 0. The maximum atomic E-state index is 13.1. The highest BCUT2D eigenvalue weighted by Gasteiger charge is 2.36. The molecule has 0 amide bonds. The van der Waals surface area contributed by atoms with E-state index >= 15 is 0 Å². The van der Waals surface area contributed by atoms with Gasteiger partial charge in [-0.3, -0.25) is 0 Å². The molecule has 2 rings (SSSR count). The van der Waals surface area contributed by atoms with Crippen molar-refractivity contribution in [3.05, 3.63) is 35.0 Å². The zero-order valence-corrected chi connectivity index (χ0v) is 10.8. The number of benzene rings is 1. The minimum absolute atomic E-state index is 0.0616. The quantitative estimate of drug-likeness (QED) is 0.751. The maximum Gasteiger partial charge on any atom is 0.418 e. The molecule has 5 heteroatoms. The third-order valence-corrected chi connectivity index (χ3v) is 3.14. The van der Waals surface area contributed by atoms with Crippen LogP contribution in [0.3, 0.4) is 0 Å². The second-order valence-electron chi connectivity index (χ2n) is 4.78. The van der Waals surface area contributed by atoms with Crippen LogP contribution < -0.4 is 0 Å². The number of halogens is 3. The monoisotopic (exact) mass is 266 g/mol. The van der Waals surface area contributed by atoms with Crippen molar-refractivity contribution < 1.29 is 13.2 Å². The zero-order valence-electron chi connectivity index (χ0n) is 10.8. The fourth-order valence-electron chi connectivity index (χ4n) is 2.52. The number of rotatable bonds is 1. The summed E-state index contributed by atoms with van der Waals surface area (Å²) in [4.78, 5) is 0. The Bertz CT molecular complexity index is 673. The van der Waals surface area contributed by atoms with Gasteiger partial charge in [0.25, 0.3) is 0 Å². The van der Waals surface area contributed by atoms with Crippen LogP contribution >= 0.6 is 0 Å². The minimum Gasteiger partial charge on any atom is -0.342 e. The summed E-state index contributed by atoms with van der Waals surface area (Å²) in [5, 5.41) is 8.96. The number of hydrogen-bond acceptors (Lipinski definition) is 1. The van der Waals surface area contributed by atoms with Crippen LogP contribution in [0.4, 0.5) is 13.2 Å². The van der Waals surface area contributed by atoms with E-state index < -0.39 is 11.7 Å². The van der Waals surface area contributed by atoms with E-state index in [4.69, 9.17) is 5.26 Å². The lowest BCUT2D eigenvalue weighted by Gasteiger charge is -2.14. The van der Waals surface area contributed by atoms with Crippen LogP contribution in [0, 0.1) is 18.3 Å². The van der Waals surface area contributed by atoms with E-state index in [9.17, 15) is 13.2 Å². The molecular formula is C14H13F3N2. The fourth-order valence-corrected chi connectivity index (χ4v) is 2.52. The number of alkyl halides is 3. The third-order valence-electron chi connectivity index (χ3n) is 3.14. The molecule has 0 aliphatic rings. The highest BCUT2D eigenvalue weighted by atomic mass is 19.4. The number of nitrogens with zero attached hydrogens (tertiary/aromatic N) is 2. The average Bonchev–Trinajstić information content (AvgIpc) is 2.61. The molecule has 0 N–H and O–H groups in total. The van der Waals surface area contributed by atoms with E-state index in [0.29, 0.717) is 5.52 Å². The van der Waals surface area contributed by atoms with Crippen LogP contribution in [-0.4, -0.2) is 4.57 Å². The molecule has 1 aromatic carbocycles. The number of fused-ring (bicyclic) bond motifs is 1. The molecule has 2 nitrogen and oxygen atoms in total. The van der Waals surface area contributed by atoms with E-state index in [1.807, 2.05) is 18.4 Å². The highest BCUT2D eigenvalue weighted by Crippen LogP contribution is 2.39. The average molecular weight is 266 g/mol. The molecule has 1 heterocycles. The molecule has 0 radical (unpaired) electrons. The first kappa shape index (κ1) is 13.5. The van der Waals surface area contributed by atoms with Crippen molar-refractivity contribution in [2.75, 3.05) is 0 Å². The van der Waals surface area contributed by atoms with Gasteiger partial charge in [0.1, 0.15) is 0 Å². The summed E-state index contributed by atoms with van der Waals surface area (Å²) in [7, 11) is 0. The Morgan fingerprint density at radius 2 is 1.89 bits per heavy atom. The zero-order chi connectivity index (χ0) is 14.4. The van der Waals surface area contributed by atoms with Crippen molar-refractivity contribution >= 4 is 10.9 Å². The van der Waals surface area contributed by atoms with E-state index in [2.05, 4.69) is 0 Å². The van der Waals surface area contributed by atoms with E-state index in [1.165, 1.54) is 12.1 Å². The van der Waals surface area contributed by atoms with Crippen LogP contribution in [0.25, 0.3) is 10.9 Å². The molecule has 1 aromatic heterocycles. The Kier molecular flexibility index (Phi) is 3.05. The lowest BCUT2D eigenvalue weighted by Crippen LogP contribution is -2.09. The normalized spacial score (nSPS) is 12.1. The molecule has 0 aliphatic carbocycles. The number of nitriles is 1. The maximum absolute atomic E-state index is 13.1. The van der Waals surface area contributed by atoms with Gasteiger partial charge in [0.2, 0.25) is 0 Å². The van der Waals surface area contributed by atoms with Gasteiger partial charge < -0.3 is 4.57 Å². The SMILES string of the molecule is Cc1cc2c(C(F)(F)F)c(C#N)ccc2n1C(C)C. The van der Waals surface area contributed by atoms with Gasteiger partial charge in [0.05, 0.1) is 17.2 Å². The molecule has 0 atom stereocenters. The molecule has 0 aliphatic heterocycles. The van der Waals surface area contributed by atoms with Gasteiger partial charge >= 0.3 is 6.18 Å². The number of hydrogen-bond donors (Lipinski definition) is 0. The molecule has 0 spiro atoms. The minimum atomic E-state index is -4.53. The van der Waals surface area contributed by atoms with Gasteiger partial charge in [-0.15, -0.1) is 0 Å². The van der Waals surface area contributed by atoms with Gasteiger partial charge in [-0.1, -0.05) is 0 Å². The first-order chi connectivity index (χ1) is 8.77. The Morgan fingerprint density at radius 1 is 1.26 bits per heavy atom. The van der Waals surface area contributed by atoms with Gasteiger partial charge in [-0.2, -0.15) is 18.4 Å². The van der Waals surface area contributed by atoms with Gasteiger partial charge in [-0.05, 0) is 39.0 Å². The van der Waals surface area contributed by atoms with E-state index in [0.717, 1.165) is 5.69 Å². The predicted octanol–water partition coefficient (Wildman–Crippen LogP) is 4.42. The fraction of sp³-hybridized carbons (Fsp3) is 0.357. The van der Waals surface area contributed by atoms with E-state index in [1.54, 1.807) is 19.1 Å². The standard InChI is InChI=1S/C14H13F3N2/c1-8(2)19-9(3)6-11-12(19)5-4-10(7-18)13(11)14(15,16)17/h4-6,8H,1-3H3. The largest absolute Gasteiger partial charge is 0.418 e. The molecule has 0 bridgehead atoms. The molecule has 0 fully saturated rings. The van der Waals surface area contributed by atoms with Crippen LogP contribution in [0.5, 0.6) is 0 Å². The molecule has 0 unspecified atom stereocenters. The van der Waals surface area contributed by atoms with Crippen molar-refractivity contribution in [2.24, 2.45) is 0 Å². The van der Waals surface area contributed by atoms with Crippen LogP contribution in [-0.2, 0) is 6.18 Å². The Morgan fingerprint density at radius 3 is 2.37 bits per heavy atom. The number of aryl methyl sites for hydroxylation is 1. The van der Waals surface area contributed by atoms with Crippen molar-refractivity contribution in [3.63, 3.8) is 0 Å². The van der Waals surface area contributed by atoms with Crippen LogP contribution in [0.1, 0.15) is 36.7 Å². The Labute approximate surface area is 109 Å². The lowest BCUT2D eigenvalue weighted by molar-refractivity contribution is -0.136. The predicted molar refractivity (Wildman–Crippen MR) is 66.8 cm³/mol. The molecule has 2 aromatic rings. The van der Waals surface area contributed by atoms with Gasteiger partial charge in [0.15, 0.2) is 0 Å². The van der Waals surface area contributed by atoms with Crippen molar-refractivity contribution in [3.8, 4) is 6.07 Å². The molecule has 0 saturated carbocycles. The third kappa shape index (κ3) is 2.07. The molecule has 100 valence electrons. The molecule has 0 saturated heterocycles. The van der Waals surface area contributed by atoms with Crippen molar-refractivity contribution in [1.82, 2.24) is 4.57 Å². The van der Waals surface area contributed by atoms with Gasteiger partial charge in [0, 0.05) is 22.6 Å². The summed E-state index contributed by atoms with van der Waals surface area (Å²) in [6, 6.07) is 6.00. The summed E-state index contributed by atoms with van der Waals surface area (Å²) in [5.74, 6) is 0. The van der Waals surface area contributed by atoms with E-state index in [-0.39, 0.29) is 17.0 Å². The molecular weight excluding hydrogens is 253 g/mol. The highest BCUT2D eigenvalue weighted by molar-refractivity contribution is 5.87. The first-order valence-electron chi connectivity index (χ1n) is 5.89. The summed E-state index contributed by atoms with van der Waals surface area (Å²) < 4.78 is 41.3. The topological polar surface area (TPSA) is 28.7 Å². The summed E-state index contributed by atoms with van der Waals surface area (Å²) in [6.07, 6.45) is -4.53.